The van der Waals surface area contributed by atoms with E-state index in [1.54, 1.807) is 23.8 Å². The third-order valence-electron chi connectivity index (χ3n) is 11.9. The fourth-order valence-electron chi connectivity index (χ4n) is 8.60. The lowest BCUT2D eigenvalue weighted by molar-refractivity contribution is -0.108. The number of hydrogen-bond donors (Lipinski definition) is 2. The van der Waals surface area contributed by atoms with Crippen LogP contribution in [0.5, 0.6) is 5.75 Å². The third-order valence-corrected chi connectivity index (χ3v) is 11.9. The number of anilines is 1. The molecule has 1 aromatic heterocycles. The molecule has 2 heterocycles. The minimum Gasteiger partial charge on any atom is -0.497 e. The Morgan fingerprint density at radius 2 is 1.76 bits per heavy atom. The van der Waals surface area contributed by atoms with Gasteiger partial charge in [0.2, 0.25) is 0 Å². The summed E-state index contributed by atoms with van der Waals surface area (Å²) < 4.78 is 20.7. The molecule has 50 heavy (non-hydrogen) atoms. The van der Waals surface area contributed by atoms with Crippen LogP contribution in [0, 0.1) is 29.0 Å². The summed E-state index contributed by atoms with van der Waals surface area (Å²) in [6, 6.07) is 21.0. The van der Waals surface area contributed by atoms with E-state index >= 15 is 0 Å². The first kappa shape index (κ1) is 34.2. The minimum absolute atomic E-state index is 0.0592. The van der Waals surface area contributed by atoms with Gasteiger partial charge >= 0.3 is 0 Å². The monoisotopic (exact) mass is 678 g/mol. The summed E-state index contributed by atoms with van der Waals surface area (Å²) in [4.78, 5) is 27.1. The van der Waals surface area contributed by atoms with Crippen molar-refractivity contribution in [3.05, 3.63) is 99.9 Å². The number of aromatic nitrogens is 2. The molecule has 5 atom stereocenters. The van der Waals surface area contributed by atoms with Crippen LogP contribution in [0.25, 0.3) is 10.9 Å². The van der Waals surface area contributed by atoms with Crippen LogP contribution in [0.4, 0.5) is 10.1 Å². The molecule has 4 aliphatic rings. The molecule has 0 amide bonds. The van der Waals surface area contributed by atoms with E-state index in [1.807, 2.05) is 30.3 Å². The smallest absolute Gasteiger partial charge is 0.261 e. The topological polar surface area (TPSA) is 83.8 Å². The van der Waals surface area contributed by atoms with Crippen molar-refractivity contribution in [2.75, 3.05) is 32.1 Å². The van der Waals surface area contributed by atoms with E-state index in [0.29, 0.717) is 53.6 Å². The van der Waals surface area contributed by atoms with Crippen LogP contribution in [0.2, 0.25) is 0 Å². The van der Waals surface area contributed by atoms with Crippen LogP contribution in [0.3, 0.4) is 0 Å². The van der Waals surface area contributed by atoms with E-state index in [-0.39, 0.29) is 17.4 Å². The van der Waals surface area contributed by atoms with Crippen LogP contribution in [0.15, 0.2) is 76.5 Å². The number of nitrogens with zero attached hydrogens (tertiary/aromatic N) is 4. The second-order valence-corrected chi connectivity index (χ2v) is 15.3. The van der Waals surface area contributed by atoms with E-state index in [9.17, 15) is 9.18 Å². The molecule has 8 nitrogen and oxygen atoms in total. The van der Waals surface area contributed by atoms with Crippen molar-refractivity contribution in [3.8, 4) is 5.75 Å². The van der Waals surface area contributed by atoms with Crippen LogP contribution < -0.4 is 20.9 Å². The molecule has 3 saturated carbocycles. The maximum absolute atomic E-state index is 14.1. The molecule has 4 fully saturated rings. The van der Waals surface area contributed by atoms with Crippen LogP contribution in [0.1, 0.15) is 57.5 Å². The normalized spacial score (nSPS) is 24.6. The number of halogens is 1. The number of ether oxygens (including phenoxy) is 1. The van der Waals surface area contributed by atoms with Gasteiger partial charge in [-0.25, -0.2) is 14.4 Å². The van der Waals surface area contributed by atoms with Crippen molar-refractivity contribution in [1.29, 1.82) is 0 Å². The van der Waals surface area contributed by atoms with Gasteiger partial charge in [0, 0.05) is 44.3 Å². The molecule has 8 rings (SSSR count). The average Bonchev–Trinajstić information content (AvgIpc) is 3.11. The number of aryl methyl sites for hydroxylation is 3. The Morgan fingerprint density at radius 3 is 2.46 bits per heavy atom. The molecule has 1 aliphatic heterocycles. The molecule has 3 aromatic carbocycles. The fraction of sp³-hybridized carbons (Fsp3) is 0.488. The van der Waals surface area contributed by atoms with Crippen molar-refractivity contribution in [2.45, 2.75) is 78.4 Å². The zero-order valence-electron chi connectivity index (χ0n) is 30.1. The second kappa shape index (κ2) is 14.2. The number of benzene rings is 3. The Balaban J connectivity index is 1.20. The SMILES string of the molecule is COc1ccc(CCc2nc3cc(NC(=N[C@H]4C[C@@H]5C[C@@H]([C@H]4C)C5(C)C)N4CCN[C@@H](C)C4)ccc3c(=O)n2CCc2ccc(F)cc2)cc1. The van der Waals surface area contributed by atoms with Crippen molar-refractivity contribution < 1.29 is 9.13 Å². The summed E-state index contributed by atoms with van der Waals surface area (Å²) in [7, 11) is 1.66. The lowest BCUT2D eigenvalue weighted by Gasteiger charge is -2.61. The Hall–Kier alpha value is -4.24. The summed E-state index contributed by atoms with van der Waals surface area (Å²) in [6.07, 6.45) is 4.39. The Labute approximate surface area is 295 Å². The molecular weight excluding hydrogens is 627 g/mol. The summed E-state index contributed by atoms with van der Waals surface area (Å²) in [5.74, 6) is 4.17. The van der Waals surface area contributed by atoms with Gasteiger partial charge in [0.05, 0.1) is 24.1 Å². The number of aliphatic imine (C=N–C) groups is 1. The van der Waals surface area contributed by atoms with E-state index in [4.69, 9.17) is 14.7 Å². The number of guanidine groups is 1. The highest BCUT2D eigenvalue weighted by Gasteiger charge is 2.56. The molecule has 264 valence electrons. The van der Waals surface area contributed by atoms with Crippen molar-refractivity contribution in [1.82, 2.24) is 19.8 Å². The van der Waals surface area contributed by atoms with E-state index in [0.717, 1.165) is 72.7 Å². The average molecular weight is 679 g/mol. The van der Waals surface area contributed by atoms with Crippen molar-refractivity contribution >= 4 is 22.5 Å². The molecule has 0 spiro atoms. The molecule has 2 N–H and O–H groups in total. The molecule has 4 aromatic rings. The lowest BCUT2D eigenvalue weighted by atomic mass is 9.45. The van der Waals surface area contributed by atoms with Gasteiger partial charge in [-0.3, -0.25) is 9.36 Å². The third kappa shape index (κ3) is 7.02. The standard InChI is InChI=1S/C41H51FN6O2/c1-26-25-47(21-19-43-26)40(46-36-23-30-22-35(27(36)2)41(30,3)4)44-32-13-16-34-37(24-32)45-38(17-10-28-8-14-33(50-5)15-9-28)48(39(34)49)20-18-29-6-11-31(42)12-7-29/h6-9,11-16,24,26-27,30,35-36,43H,10,17-23,25H2,1-5H3,(H,44,46)/t26-,27+,30-,35-,36-/m0/s1. The van der Waals surface area contributed by atoms with Gasteiger partial charge in [0.15, 0.2) is 5.96 Å². The number of hydrogen-bond acceptors (Lipinski definition) is 5. The van der Waals surface area contributed by atoms with Crippen molar-refractivity contribution in [3.63, 3.8) is 0 Å². The highest BCUT2D eigenvalue weighted by molar-refractivity contribution is 5.96. The van der Waals surface area contributed by atoms with Gasteiger partial charge < -0.3 is 20.3 Å². The van der Waals surface area contributed by atoms with Gasteiger partial charge in [-0.1, -0.05) is 45.0 Å². The maximum atomic E-state index is 14.1. The number of nitrogens with one attached hydrogen (secondary N) is 2. The summed E-state index contributed by atoms with van der Waals surface area (Å²) in [6.45, 7) is 12.6. The van der Waals surface area contributed by atoms with E-state index in [1.165, 1.54) is 18.6 Å². The Bertz CT molecular complexity index is 1900. The first-order valence-corrected chi connectivity index (χ1v) is 18.3. The number of piperazine rings is 1. The number of fused-ring (bicyclic) bond motifs is 3. The molecule has 0 radical (unpaired) electrons. The van der Waals surface area contributed by atoms with Crippen LogP contribution in [-0.4, -0.2) is 59.2 Å². The zero-order valence-corrected chi connectivity index (χ0v) is 30.1. The van der Waals surface area contributed by atoms with Crippen LogP contribution in [-0.2, 0) is 25.8 Å². The predicted octanol–water partition coefficient (Wildman–Crippen LogP) is 6.70. The van der Waals surface area contributed by atoms with Crippen molar-refractivity contribution in [2.24, 2.45) is 28.2 Å². The summed E-state index contributed by atoms with van der Waals surface area (Å²) in [5.41, 5.74) is 4.02. The number of rotatable bonds is 9. The highest BCUT2D eigenvalue weighted by atomic mass is 19.1. The van der Waals surface area contributed by atoms with Crippen LogP contribution >= 0.6 is 0 Å². The molecule has 3 aliphatic carbocycles. The molecule has 0 unspecified atom stereocenters. The molecular formula is C41H51FN6O2. The van der Waals surface area contributed by atoms with Gasteiger partial charge in [-0.05, 0) is 109 Å². The largest absolute Gasteiger partial charge is 0.497 e. The Kier molecular flexibility index (Phi) is 9.70. The molecule has 1 saturated heterocycles. The summed E-state index contributed by atoms with van der Waals surface area (Å²) in [5, 5.41) is 7.86. The quantitative estimate of drug-likeness (QED) is 0.151. The molecule has 2 bridgehead atoms. The minimum atomic E-state index is -0.267. The Morgan fingerprint density at radius 1 is 1.02 bits per heavy atom. The number of methoxy groups -OCH3 is 1. The predicted molar refractivity (Wildman–Crippen MR) is 200 cm³/mol. The van der Waals surface area contributed by atoms with Gasteiger partial charge in [0.1, 0.15) is 17.4 Å². The first-order chi connectivity index (χ1) is 24.1. The highest BCUT2D eigenvalue weighted by Crippen LogP contribution is 2.61. The second-order valence-electron chi connectivity index (χ2n) is 15.3. The van der Waals surface area contributed by atoms with Gasteiger partial charge in [-0.2, -0.15) is 0 Å². The first-order valence-electron chi connectivity index (χ1n) is 18.3. The zero-order chi connectivity index (χ0) is 35.0. The van der Waals surface area contributed by atoms with Gasteiger partial charge in [-0.15, -0.1) is 0 Å². The fourth-order valence-corrected chi connectivity index (χ4v) is 8.60. The molecule has 9 heteroatoms. The van der Waals surface area contributed by atoms with E-state index in [2.05, 4.69) is 55.4 Å². The lowest BCUT2D eigenvalue weighted by Crippen LogP contribution is -2.57. The maximum Gasteiger partial charge on any atom is 0.261 e. The summed E-state index contributed by atoms with van der Waals surface area (Å²) >= 11 is 0. The van der Waals surface area contributed by atoms with Gasteiger partial charge in [0.25, 0.3) is 5.56 Å². The van der Waals surface area contributed by atoms with E-state index < -0.39 is 0 Å².